The van der Waals surface area contributed by atoms with Gasteiger partial charge in [-0.2, -0.15) is 0 Å². The summed E-state index contributed by atoms with van der Waals surface area (Å²) in [7, 11) is 0. The Morgan fingerprint density at radius 2 is 2.20 bits per heavy atom. The third-order valence-electron chi connectivity index (χ3n) is 2.40. The first-order valence-electron chi connectivity index (χ1n) is 6.28. The van der Waals surface area contributed by atoms with Gasteiger partial charge in [0.1, 0.15) is 4.34 Å². The molecule has 0 fully saturated rings. The minimum atomic E-state index is -0.157. The van der Waals surface area contributed by atoms with Crippen LogP contribution < -0.4 is 10.6 Å². The molecular weight excluding hydrogens is 292 g/mol. The van der Waals surface area contributed by atoms with Gasteiger partial charge in [0, 0.05) is 30.1 Å². The van der Waals surface area contributed by atoms with Gasteiger partial charge in [-0.05, 0) is 18.6 Å². The van der Waals surface area contributed by atoms with Crippen molar-refractivity contribution in [3.63, 3.8) is 0 Å². The van der Waals surface area contributed by atoms with Crippen molar-refractivity contribution in [3.8, 4) is 0 Å². The summed E-state index contributed by atoms with van der Waals surface area (Å²) in [6, 6.07) is 5.47. The number of nitrogens with one attached hydrogen (secondary N) is 2. The molecule has 106 valence electrons. The van der Waals surface area contributed by atoms with E-state index >= 15 is 0 Å². The molecule has 2 N–H and O–H groups in total. The average Bonchev–Trinajstić information content (AvgIpc) is 2.99. The standard InChI is InChI=1S/C13H16N4OS2/c18-12(17-10-11-4-1-2-5-14-11)15-6-3-8-19-13-16-7-9-20-13/h1-2,4-5,7,9H,3,6,8,10H2,(H2,15,17,18). The molecule has 2 aromatic rings. The molecule has 0 saturated carbocycles. The molecule has 20 heavy (non-hydrogen) atoms. The van der Waals surface area contributed by atoms with Crippen LogP contribution >= 0.6 is 23.1 Å². The van der Waals surface area contributed by atoms with Crippen LogP contribution in [-0.2, 0) is 6.54 Å². The second-order valence-corrected chi connectivity index (χ2v) is 6.17. The van der Waals surface area contributed by atoms with Crippen LogP contribution in [0.1, 0.15) is 12.1 Å². The number of carbonyl (C=O) groups excluding carboxylic acids is 1. The Bertz CT molecular complexity index is 504. The van der Waals surface area contributed by atoms with Gasteiger partial charge in [-0.3, -0.25) is 4.98 Å². The fourth-order valence-electron chi connectivity index (χ4n) is 1.45. The van der Waals surface area contributed by atoms with E-state index in [0.717, 1.165) is 22.2 Å². The maximum atomic E-state index is 11.5. The van der Waals surface area contributed by atoms with Crippen LogP contribution in [0.3, 0.4) is 0 Å². The van der Waals surface area contributed by atoms with Gasteiger partial charge in [-0.25, -0.2) is 9.78 Å². The van der Waals surface area contributed by atoms with E-state index in [2.05, 4.69) is 20.6 Å². The minimum Gasteiger partial charge on any atom is -0.338 e. The molecule has 2 heterocycles. The first-order valence-corrected chi connectivity index (χ1v) is 8.15. The SMILES string of the molecule is O=C(NCCCSc1nccs1)NCc1ccccn1. The highest BCUT2D eigenvalue weighted by Crippen LogP contribution is 2.20. The molecule has 5 nitrogen and oxygen atoms in total. The number of rotatable bonds is 7. The van der Waals surface area contributed by atoms with Crippen molar-refractivity contribution in [2.24, 2.45) is 0 Å². The van der Waals surface area contributed by atoms with Crippen LogP contribution in [0, 0.1) is 0 Å². The van der Waals surface area contributed by atoms with Crippen LogP contribution in [0.2, 0.25) is 0 Å². The Morgan fingerprint density at radius 3 is 2.95 bits per heavy atom. The Morgan fingerprint density at radius 1 is 1.25 bits per heavy atom. The number of carbonyl (C=O) groups is 1. The van der Waals surface area contributed by atoms with E-state index in [9.17, 15) is 4.79 Å². The van der Waals surface area contributed by atoms with E-state index in [-0.39, 0.29) is 6.03 Å². The topological polar surface area (TPSA) is 66.9 Å². The predicted molar refractivity (Wildman–Crippen MR) is 81.9 cm³/mol. The van der Waals surface area contributed by atoms with Crippen LogP contribution in [0.15, 0.2) is 40.3 Å². The van der Waals surface area contributed by atoms with Crippen molar-refractivity contribution < 1.29 is 4.79 Å². The number of thioether (sulfide) groups is 1. The van der Waals surface area contributed by atoms with Crippen molar-refractivity contribution in [2.75, 3.05) is 12.3 Å². The number of nitrogens with zero attached hydrogens (tertiary/aromatic N) is 2. The summed E-state index contributed by atoms with van der Waals surface area (Å²) in [5.41, 5.74) is 0.849. The van der Waals surface area contributed by atoms with E-state index in [4.69, 9.17) is 0 Å². The second kappa shape index (κ2) is 8.55. The van der Waals surface area contributed by atoms with Crippen LogP contribution in [-0.4, -0.2) is 28.3 Å². The van der Waals surface area contributed by atoms with Gasteiger partial charge >= 0.3 is 6.03 Å². The van der Waals surface area contributed by atoms with Crippen LogP contribution in [0.4, 0.5) is 4.79 Å². The largest absolute Gasteiger partial charge is 0.338 e. The van der Waals surface area contributed by atoms with E-state index in [1.54, 1.807) is 35.5 Å². The molecule has 0 radical (unpaired) electrons. The molecule has 2 rings (SSSR count). The lowest BCUT2D eigenvalue weighted by Gasteiger charge is -2.06. The predicted octanol–water partition coefficient (Wildman–Crippen LogP) is 2.52. The van der Waals surface area contributed by atoms with Crippen molar-refractivity contribution in [1.82, 2.24) is 20.6 Å². The zero-order chi connectivity index (χ0) is 14.0. The number of aromatic nitrogens is 2. The normalized spacial score (nSPS) is 10.2. The molecule has 0 spiro atoms. The molecule has 0 aliphatic carbocycles. The number of hydrogen-bond acceptors (Lipinski definition) is 5. The highest BCUT2D eigenvalue weighted by Gasteiger charge is 2.01. The van der Waals surface area contributed by atoms with E-state index in [1.807, 2.05) is 23.6 Å². The quantitative estimate of drug-likeness (QED) is 0.609. The Labute approximate surface area is 126 Å². The summed E-state index contributed by atoms with van der Waals surface area (Å²) in [6.45, 7) is 1.10. The van der Waals surface area contributed by atoms with Crippen LogP contribution in [0.5, 0.6) is 0 Å². The summed E-state index contributed by atoms with van der Waals surface area (Å²) in [6.07, 6.45) is 4.43. The van der Waals surface area contributed by atoms with Crippen molar-refractivity contribution in [1.29, 1.82) is 0 Å². The Hall–Kier alpha value is -1.60. The first kappa shape index (κ1) is 14.8. The van der Waals surface area contributed by atoms with Gasteiger partial charge in [-0.1, -0.05) is 17.8 Å². The summed E-state index contributed by atoms with van der Waals surface area (Å²) in [5.74, 6) is 0.952. The van der Waals surface area contributed by atoms with Gasteiger partial charge in [0.15, 0.2) is 0 Å². The van der Waals surface area contributed by atoms with Gasteiger partial charge in [0.25, 0.3) is 0 Å². The smallest absolute Gasteiger partial charge is 0.315 e. The van der Waals surface area contributed by atoms with Gasteiger partial charge in [-0.15, -0.1) is 11.3 Å². The zero-order valence-electron chi connectivity index (χ0n) is 10.9. The first-order chi connectivity index (χ1) is 9.84. The van der Waals surface area contributed by atoms with Gasteiger partial charge in [0.05, 0.1) is 12.2 Å². The van der Waals surface area contributed by atoms with Crippen molar-refractivity contribution in [2.45, 2.75) is 17.3 Å². The monoisotopic (exact) mass is 308 g/mol. The molecule has 2 aromatic heterocycles. The maximum absolute atomic E-state index is 11.5. The van der Waals surface area contributed by atoms with Crippen molar-refractivity contribution >= 4 is 29.1 Å². The number of thiazole rings is 1. The molecule has 7 heteroatoms. The highest BCUT2D eigenvalue weighted by atomic mass is 32.2. The fourth-order valence-corrected chi connectivity index (χ4v) is 3.10. The summed E-state index contributed by atoms with van der Waals surface area (Å²) in [5, 5.41) is 7.56. The average molecular weight is 308 g/mol. The molecule has 0 bridgehead atoms. The molecule has 0 aliphatic heterocycles. The Balaban J connectivity index is 1.52. The number of amides is 2. The lowest BCUT2D eigenvalue weighted by atomic mass is 10.3. The number of pyridine rings is 1. The second-order valence-electron chi connectivity index (χ2n) is 3.93. The third-order valence-corrected chi connectivity index (χ3v) is 4.45. The maximum Gasteiger partial charge on any atom is 0.315 e. The summed E-state index contributed by atoms with van der Waals surface area (Å²) >= 11 is 3.35. The molecule has 0 aromatic carbocycles. The Kier molecular flexibility index (Phi) is 6.33. The van der Waals surface area contributed by atoms with Gasteiger partial charge < -0.3 is 10.6 Å². The van der Waals surface area contributed by atoms with Gasteiger partial charge in [0.2, 0.25) is 0 Å². The van der Waals surface area contributed by atoms with E-state index in [1.165, 1.54) is 0 Å². The summed E-state index contributed by atoms with van der Waals surface area (Å²) in [4.78, 5) is 19.9. The third kappa shape index (κ3) is 5.58. The fraction of sp³-hybridized carbons (Fsp3) is 0.308. The van der Waals surface area contributed by atoms with E-state index in [0.29, 0.717) is 13.1 Å². The highest BCUT2D eigenvalue weighted by molar-refractivity contribution is 8.00. The van der Waals surface area contributed by atoms with Crippen LogP contribution in [0.25, 0.3) is 0 Å². The van der Waals surface area contributed by atoms with E-state index < -0.39 is 0 Å². The molecule has 0 atom stereocenters. The van der Waals surface area contributed by atoms with Crippen molar-refractivity contribution in [3.05, 3.63) is 41.7 Å². The lowest BCUT2D eigenvalue weighted by Crippen LogP contribution is -2.35. The molecule has 2 amide bonds. The molecule has 0 saturated heterocycles. The lowest BCUT2D eigenvalue weighted by molar-refractivity contribution is 0.240. The number of urea groups is 1. The minimum absolute atomic E-state index is 0.157. The molecular formula is C13H16N4OS2. The number of hydrogen-bond donors (Lipinski definition) is 2. The zero-order valence-corrected chi connectivity index (χ0v) is 12.5. The molecule has 0 aliphatic rings. The summed E-state index contributed by atoms with van der Waals surface area (Å²) < 4.78 is 1.07. The molecule has 0 unspecified atom stereocenters.